The smallest absolute Gasteiger partial charge is 0.154 e. The zero-order valence-corrected chi connectivity index (χ0v) is 7.95. The van der Waals surface area contributed by atoms with Crippen molar-refractivity contribution in [1.82, 2.24) is 0 Å². The minimum absolute atomic E-state index is 0.0607. The predicted octanol–water partition coefficient (Wildman–Crippen LogP) is 0.0616. The highest BCUT2D eigenvalue weighted by Gasteiger charge is 2.02. The average Bonchev–Trinajstić information content (AvgIpc) is 2.01. The van der Waals surface area contributed by atoms with Crippen LogP contribution in [0.3, 0.4) is 0 Å². The lowest BCUT2D eigenvalue weighted by molar-refractivity contribution is -0.132. The van der Waals surface area contributed by atoms with Gasteiger partial charge in [0.1, 0.15) is 0 Å². The fourth-order valence-electron chi connectivity index (χ4n) is 0.668. The Morgan fingerprint density at radius 3 is 2.42 bits per heavy atom. The maximum Gasteiger partial charge on any atom is 0.154 e. The lowest BCUT2D eigenvalue weighted by Gasteiger charge is -2.15. The number of ether oxygens (including phenoxy) is 2. The van der Waals surface area contributed by atoms with Crippen LogP contribution in [0.1, 0.15) is 20.3 Å². The maximum absolute atomic E-state index is 5.49. The van der Waals surface area contributed by atoms with Gasteiger partial charge in [-0.1, -0.05) is 0 Å². The van der Waals surface area contributed by atoms with Gasteiger partial charge >= 0.3 is 0 Å². The van der Waals surface area contributed by atoms with Crippen molar-refractivity contribution >= 4 is 0 Å². The molecule has 0 fully saturated rings. The van der Waals surface area contributed by atoms with E-state index >= 15 is 0 Å². The van der Waals surface area contributed by atoms with Crippen LogP contribution < -0.4 is 11.5 Å². The minimum Gasteiger partial charge on any atom is -0.353 e. The summed E-state index contributed by atoms with van der Waals surface area (Å²) in [5.41, 5.74) is 10.8. The molecular weight excluding hydrogens is 156 g/mol. The Hall–Kier alpha value is -0.160. The summed E-state index contributed by atoms with van der Waals surface area (Å²) >= 11 is 0. The van der Waals surface area contributed by atoms with Crippen LogP contribution in [0, 0.1) is 0 Å². The molecule has 0 aromatic heterocycles. The molecule has 0 spiro atoms. The number of hydrogen-bond acceptors (Lipinski definition) is 4. The third-order valence-electron chi connectivity index (χ3n) is 1.29. The lowest BCUT2D eigenvalue weighted by Crippen LogP contribution is -2.26. The SMILES string of the molecule is CC(N)COC(C)OCCCN. The molecule has 0 aromatic rings. The Balaban J connectivity index is 3.15. The third-order valence-corrected chi connectivity index (χ3v) is 1.29. The third kappa shape index (κ3) is 7.94. The van der Waals surface area contributed by atoms with Gasteiger partial charge in [-0.3, -0.25) is 0 Å². The molecular formula is C8H20N2O2. The van der Waals surface area contributed by atoms with Gasteiger partial charge in [-0.15, -0.1) is 0 Å². The van der Waals surface area contributed by atoms with Gasteiger partial charge in [0.25, 0.3) is 0 Å². The fraction of sp³-hybridized carbons (Fsp3) is 1.00. The van der Waals surface area contributed by atoms with Crippen LogP contribution in [-0.4, -0.2) is 32.1 Å². The summed E-state index contributed by atoms with van der Waals surface area (Å²) in [4.78, 5) is 0. The molecule has 4 nitrogen and oxygen atoms in total. The highest BCUT2D eigenvalue weighted by molar-refractivity contribution is 4.49. The first-order valence-corrected chi connectivity index (χ1v) is 4.35. The first-order valence-electron chi connectivity index (χ1n) is 4.35. The Kier molecular flexibility index (Phi) is 7.39. The monoisotopic (exact) mass is 176 g/mol. The highest BCUT2D eigenvalue weighted by Crippen LogP contribution is 1.95. The van der Waals surface area contributed by atoms with E-state index in [2.05, 4.69) is 0 Å². The summed E-state index contributed by atoms with van der Waals surface area (Å²) in [6.07, 6.45) is 0.689. The van der Waals surface area contributed by atoms with Crippen molar-refractivity contribution in [3.05, 3.63) is 0 Å². The van der Waals surface area contributed by atoms with E-state index in [1.54, 1.807) is 0 Å². The number of nitrogens with two attached hydrogens (primary N) is 2. The largest absolute Gasteiger partial charge is 0.353 e. The van der Waals surface area contributed by atoms with Crippen molar-refractivity contribution < 1.29 is 9.47 Å². The van der Waals surface area contributed by atoms with E-state index in [9.17, 15) is 0 Å². The second-order valence-electron chi connectivity index (χ2n) is 2.89. The zero-order valence-electron chi connectivity index (χ0n) is 7.95. The molecule has 4 heteroatoms. The van der Waals surface area contributed by atoms with Gasteiger partial charge in [-0.05, 0) is 26.8 Å². The Labute approximate surface area is 74.2 Å². The predicted molar refractivity (Wildman–Crippen MR) is 48.7 cm³/mol. The van der Waals surface area contributed by atoms with E-state index in [4.69, 9.17) is 20.9 Å². The van der Waals surface area contributed by atoms with E-state index in [1.807, 2.05) is 13.8 Å². The van der Waals surface area contributed by atoms with Crippen LogP contribution in [0.4, 0.5) is 0 Å². The summed E-state index contributed by atoms with van der Waals surface area (Å²) in [6, 6.07) is 0.0607. The molecule has 0 heterocycles. The molecule has 0 aliphatic carbocycles. The molecule has 0 saturated heterocycles. The van der Waals surface area contributed by atoms with Crippen LogP contribution in [0.2, 0.25) is 0 Å². The molecule has 0 bridgehead atoms. The Morgan fingerprint density at radius 2 is 1.92 bits per heavy atom. The number of hydrogen-bond donors (Lipinski definition) is 2. The normalized spacial score (nSPS) is 16.0. The molecule has 12 heavy (non-hydrogen) atoms. The summed E-state index contributed by atoms with van der Waals surface area (Å²) in [7, 11) is 0. The standard InChI is InChI=1S/C8H20N2O2/c1-7(10)6-12-8(2)11-5-3-4-9/h7-8H,3-6,9-10H2,1-2H3. The van der Waals surface area contributed by atoms with Crippen LogP contribution in [0.15, 0.2) is 0 Å². The number of rotatable bonds is 7. The first-order chi connectivity index (χ1) is 5.66. The van der Waals surface area contributed by atoms with Gasteiger partial charge in [0, 0.05) is 6.04 Å². The molecule has 0 rings (SSSR count). The molecule has 0 amide bonds. The topological polar surface area (TPSA) is 70.5 Å². The summed E-state index contributed by atoms with van der Waals surface area (Å²) in [6.45, 7) is 5.59. The van der Waals surface area contributed by atoms with Crippen LogP contribution in [0.25, 0.3) is 0 Å². The van der Waals surface area contributed by atoms with Crippen LogP contribution >= 0.6 is 0 Å². The Morgan fingerprint density at radius 1 is 1.25 bits per heavy atom. The van der Waals surface area contributed by atoms with Crippen molar-refractivity contribution in [2.75, 3.05) is 19.8 Å². The summed E-state index contributed by atoms with van der Waals surface area (Å²) in [5.74, 6) is 0. The Bertz CT molecular complexity index is 99.1. The van der Waals surface area contributed by atoms with E-state index in [1.165, 1.54) is 0 Å². The van der Waals surface area contributed by atoms with E-state index in [-0.39, 0.29) is 12.3 Å². The molecule has 2 atom stereocenters. The average molecular weight is 176 g/mol. The molecule has 74 valence electrons. The van der Waals surface area contributed by atoms with Crippen LogP contribution in [-0.2, 0) is 9.47 Å². The van der Waals surface area contributed by atoms with Crippen molar-refractivity contribution in [1.29, 1.82) is 0 Å². The summed E-state index contributed by atoms with van der Waals surface area (Å²) in [5, 5.41) is 0. The molecule has 0 aliphatic rings. The maximum atomic E-state index is 5.49. The van der Waals surface area contributed by atoms with Gasteiger partial charge in [0.15, 0.2) is 6.29 Å². The fourth-order valence-corrected chi connectivity index (χ4v) is 0.668. The molecule has 2 unspecified atom stereocenters. The van der Waals surface area contributed by atoms with Gasteiger partial charge in [0.2, 0.25) is 0 Å². The lowest BCUT2D eigenvalue weighted by atomic mass is 10.4. The molecule has 0 radical (unpaired) electrons. The van der Waals surface area contributed by atoms with E-state index < -0.39 is 0 Å². The summed E-state index contributed by atoms with van der Waals surface area (Å²) < 4.78 is 10.5. The van der Waals surface area contributed by atoms with Crippen molar-refractivity contribution in [2.24, 2.45) is 11.5 Å². The second kappa shape index (κ2) is 7.49. The van der Waals surface area contributed by atoms with Crippen molar-refractivity contribution in [3.63, 3.8) is 0 Å². The van der Waals surface area contributed by atoms with Crippen molar-refractivity contribution in [2.45, 2.75) is 32.6 Å². The van der Waals surface area contributed by atoms with Gasteiger partial charge in [-0.25, -0.2) is 0 Å². The van der Waals surface area contributed by atoms with E-state index in [0.29, 0.717) is 19.8 Å². The molecule has 4 N–H and O–H groups in total. The second-order valence-corrected chi connectivity index (χ2v) is 2.89. The molecule has 0 aromatic carbocycles. The quantitative estimate of drug-likeness (QED) is 0.425. The van der Waals surface area contributed by atoms with Crippen molar-refractivity contribution in [3.8, 4) is 0 Å². The zero-order chi connectivity index (χ0) is 9.40. The van der Waals surface area contributed by atoms with Gasteiger partial charge < -0.3 is 20.9 Å². The first kappa shape index (κ1) is 11.8. The van der Waals surface area contributed by atoms with E-state index in [0.717, 1.165) is 6.42 Å². The van der Waals surface area contributed by atoms with Crippen LogP contribution in [0.5, 0.6) is 0 Å². The minimum atomic E-state index is -0.178. The van der Waals surface area contributed by atoms with Gasteiger partial charge in [0.05, 0.1) is 13.2 Å². The van der Waals surface area contributed by atoms with Gasteiger partial charge in [-0.2, -0.15) is 0 Å². The molecule has 0 saturated carbocycles. The highest BCUT2D eigenvalue weighted by atomic mass is 16.7. The molecule has 0 aliphatic heterocycles.